The number of allylic oxidation sites excluding steroid dienone is 1. The van der Waals surface area contributed by atoms with Crippen LogP contribution in [0.5, 0.6) is 0 Å². The predicted octanol–water partition coefficient (Wildman–Crippen LogP) is 4.80. The highest BCUT2D eigenvalue weighted by Crippen LogP contribution is 2.20. The summed E-state index contributed by atoms with van der Waals surface area (Å²) in [7, 11) is 0. The molecule has 0 aliphatic rings. The van der Waals surface area contributed by atoms with E-state index >= 15 is 0 Å². The minimum Gasteiger partial charge on any atom is -0.458 e. The van der Waals surface area contributed by atoms with Crippen molar-refractivity contribution in [1.29, 1.82) is 0 Å². The Labute approximate surface area is 177 Å². The summed E-state index contributed by atoms with van der Waals surface area (Å²) in [4.78, 5) is 20.4. The van der Waals surface area contributed by atoms with Crippen molar-refractivity contribution in [3.8, 4) is 0 Å². The van der Waals surface area contributed by atoms with E-state index in [0.29, 0.717) is 5.95 Å². The fraction of sp³-hybridized carbons (Fsp3) is 0.208. The van der Waals surface area contributed by atoms with Crippen molar-refractivity contribution in [1.82, 2.24) is 9.97 Å². The molecule has 0 aliphatic heterocycles. The predicted molar refractivity (Wildman–Crippen MR) is 120 cm³/mol. The summed E-state index contributed by atoms with van der Waals surface area (Å²) in [5.41, 5.74) is 4.04. The Bertz CT molecular complexity index is 986. The second kappa shape index (κ2) is 10.8. The monoisotopic (exact) mass is 402 g/mol. The molecule has 154 valence electrons. The van der Waals surface area contributed by atoms with Crippen LogP contribution in [0.1, 0.15) is 23.6 Å². The molecular weight excluding hydrogens is 376 g/mol. The summed E-state index contributed by atoms with van der Waals surface area (Å²) < 4.78 is 5.16. The first-order chi connectivity index (χ1) is 14.6. The van der Waals surface area contributed by atoms with Crippen LogP contribution in [-0.2, 0) is 22.6 Å². The Hall–Kier alpha value is -3.67. The highest BCUT2D eigenvalue weighted by atomic mass is 16.5. The molecule has 6 nitrogen and oxygen atoms in total. The van der Waals surface area contributed by atoms with Crippen LogP contribution in [0.25, 0.3) is 0 Å². The molecule has 1 aromatic heterocycles. The van der Waals surface area contributed by atoms with Crippen LogP contribution in [0.3, 0.4) is 0 Å². The molecule has 2 aromatic carbocycles. The minimum atomic E-state index is -0.344. The standard InChI is InChI=1S/C24H26N4O2/c1-3-7-22(29)30-17-20-10-12-21(13-11-20)27-23-18(2)16-26-24(28-23)25-15-14-19-8-5-4-6-9-19/h3-13,16H,14-15,17H2,1-2H3,(H2,25,26,27,28)/b7-3+. The smallest absolute Gasteiger partial charge is 0.330 e. The fourth-order valence-electron chi connectivity index (χ4n) is 2.78. The molecule has 2 N–H and O–H groups in total. The number of nitrogens with zero attached hydrogens (tertiary/aromatic N) is 2. The summed E-state index contributed by atoms with van der Waals surface area (Å²) in [6.07, 6.45) is 5.76. The number of anilines is 3. The van der Waals surface area contributed by atoms with Crippen molar-refractivity contribution in [3.63, 3.8) is 0 Å². The summed E-state index contributed by atoms with van der Waals surface area (Å²) in [6, 6.07) is 18.0. The molecule has 0 atom stereocenters. The highest BCUT2D eigenvalue weighted by Gasteiger charge is 2.05. The van der Waals surface area contributed by atoms with E-state index in [-0.39, 0.29) is 12.6 Å². The lowest BCUT2D eigenvalue weighted by Crippen LogP contribution is -2.09. The van der Waals surface area contributed by atoms with Crippen LogP contribution in [0.15, 0.2) is 72.9 Å². The second-order valence-corrected chi connectivity index (χ2v) is 6.82. The van der Waals surface area contributed by atoms with Crippen molar-refractivity contribution in [2.24, 2.45) is 0 Å². The molecule has 0 spiro atoms. The van der Waals surface area contributed by atoms with Gasteiger partial charge in [0.25, 0.3) is 0 Å². The summed E-state index contributed by atoms with van der Waals surface area (Å²) in [6.45, 7) is 4.74. The average molecular weight is 402 g/mol. The van der Waals surface area contributed by atoms with Crippen molar-refractivity contribution in [2.45, 2.75) is 26.9 Å². The van der Waals surface area contributed by atoms with Crippen LogP contribution in [0, 0.1) is 6.92 Å². The number of benzene rings is 2. The van der Waals surface area contributed by atoms with Crippen molar-refractivity contribution < 1.29 is 9.53 Å². The van der Waals surface area contributed by atoms with Gasteiger partial charge in [0.1, 0.15) is 12.4 Å². The number of hydrogen-bond acceptors (Lipinski definition) is 6. The van der Waals surface area contributed by atoms with Gasteiger partial charge in [0, 0.05) is 30.1 Å². The van der Waals surface area contributed by atoms with Gasteiger partial charge in [-0.15, -0.1) is 0 Å². The van der Waals surface area contributed by atoms with Crippen LogP contribution in [0.4, 0.5) is 17.5 Å². The van der Waals surface area contributed by atoms with Gasteiger partial charge >= 0.3 is 5.97 Å². The molecule has 0 unspecified atom stereocenters. The topological polar surface area (TPSA) is 76.1 Å². The van der Waals surface area contributed by atoms with Gasteiger partial charge in [-0.1, -0.05) is 48.5 Å². The molecule has 0 radical (unpaired) electrons. The molecule has 1 heterocycles. The highest BCUT2D eigenvalue weighted by molar-refractivity contribution is 5.81. The Balaban J connectivity index is 1.56. The molecule has 0 fully saturated rings. The maximum absolute atomic E-state index is 11.4. The van der Waals surface area contributed by atoms with E-state index in [1.807, 2.05) is 49.4 Å². The van der Waals surface area contributed by atoms with E-state index in [4.69, 9.17) is 4.74 Å². The van der Waals surface area contributed by atoms with Gasteiger partial charge < -0.3 is 15.4 Å². The lowest BCUT2D eigenvalue weighted by molar-refractivity contribution is -0.139. The molecule has 0 aliphatic carbocycles. The lowest BCUT2D eigenvalue weighted by Gasteiger charge is -2.11. The van der Waals surface area contributed by atoms with E-state index in [1.165, 1.54) is 11.6 Å². The summed E-state index contributed by atoms with van der Waals surface area (Å²) in [5, 5.41) is 6.60. The molecule has 6 heteroatoms. The minimum absolute atomic E-state index is 0.242. The molecule has 3 aromatic rings. The number of nitrogens with one attached hydrogen (secondary N) is 2. The Morgan fingerprint density at radius 3 is 2.57 bits per heavy atom. The third-order valence-electron chi connectivity index (χ3n) is 4.41. The Morgan fingerprint density at radius 2 is 1.83 bits per heavy atom. The van der Waals surface area contributed by atoms with E-state index in [9.17, 15) is 4.79 Å². The fourth-order valence-corrected chi connectivity index (χ4v) is 2.78. The van der Waals surface area contributed by atoms with Crippen LogP contribution >= 0.6 is 0 Å². The zero-order valence-corrected chi connectivity index (χ0v) is 17.3. The quantitative estimate of drug-likeness (QED) is 0.395. The largest absolute Gasteiger partial charge is 0.458 e. The van der Waals surface area contributed by atoms with Gasteiger partial charge in [0.05, 0.1) is 0 Å². The lowest BCUT2D eigenvalue weighted by atomic mass is 10.1. The molecule has 3 rings (SSSR count). The van der Waals surface area contributed by atoms with E-state index < -0.39 is 0 Å². The van der Waals surface area contributed by atoms with Crippen molar-refractivity contribution in [2.75, 3.05) is 17.2 Å². The van der Waals surface area contributed by atoms with Crippen LogP contribution in [0.2, 0.25) is 0 Å². The zero-order chi connectivity index (χ0) is 21.2. The van der Waals surface area contributed by atoms with Crippen molar-refractivity contribution in [3.05, 3.63) is 89.6 Å². The first-order valence-electron chi connectivity index (χ1n) is 9.91. The molecule has 0 amide bonds. The molecule has 0 saturated carbocycles. The SMILES string of the molecule is C/C=C/C(=O)OCc1ccc(Nc2nc(NCCc3ccccc3)ncc2C)cc1. The first kappa shape index (κ1) is 21.0. The van der Waals surface area contributed by atoms with E-state index in [2.05, 4.69) is 32.7 Å². The van der Waals surface area contributed by atoms with E-state index in [0.717, 1.165) is 35.6 Å². The number of ether oxygens (including phenoxy) is 1. The first-order valence-corrected chi connectivity index (χ1v) is 9.91. The van der Waals surface area contributed by atoms with Gasteiger partial charge in [0.15, 0.2) is 0 Å². The number of aryl methyl sites for hydroxylation is 1. The van der Waals surface area contributed by atoms with Gasteiger partial charge in [0.2, 0.25) is 5.95 Å². The number of esters is 1. The summed E-state index contributed by atoms with van der Waals surface area (Å²) in [5.74, 6) is 0.995. The van der Waals surface area contributed by atoms with Crippen LogP contribution < -0.4 is 10.6 Å². The normalized spacial score (nSPS) is 10.7. The maximum atomic E-state index is 11.4. The number of aromatic nitrogens is 2. The van der Waals surface area contributed by atoms with Gasteiger partial charge in [-0.25, -0.2) is 9.78 Å². The maximum Gasteiger partial charge on any atom is 0.330 e. The Morgan fingerprint density at radius 1 is 1.07 bits per heavy atom. The van der Waals surface area contributed by atoms with Gasteiger partial charge in [-0.2, -0.15) is 4.98 Å². The number of rotatable bonds is 9. The zero-order valence-electron chi connectivity index (χ0n) is 17.3. The third-order valence-corrected chi connectivity index (χ3v) is 4.41. The molecule has 30 heavy (non-hydrogen) atoms. The average Bonchev–Trinajstić information content (AvgIpc) is 2.76. The van der Waals surface area contributed by atoms with Gasteiger partial charge in [-0.3, -0.25) is 0 Å². The second-order valence-electron chi connectivity index (χ2n) is 6.82. The number of hydrogen-bond donors (Lipinski definition) is 2. The van der Waals surface area contributed by atoms with Crippen LogP contribution in [-0.4, -0.2) is 22.5 Å². The van der Waals surface area contributed by atoms with E-state index in [1.54, 1.807) is 19.2 Å². The van der Waals surface area contributed by atoms with Gasteiger partial charge in [-0.05, 0) is 43.5 Å². The van der Waals surface area contributed by atoms with Crippen molar-refractivity contribution >= 4 is 23.4 Å². The number of carbonyl (C=O) groups excluding carboxylic acids is 1. The third kappa shape index (κ3) is 6.44. The molecular formula is C24H26N4O2. The summed E-state index contributed by atoms with van der Waals surface area (Å²) >= 11 is 0. The Kier molecular flexibility index (Phi) is 7.55. The molecule has 0 bridgehead atoms. The molecule has 0 saturated heterocycles. The number of carbonyl (C=O) groups is 1.